The van der Waals surface area contributed by atoms with Crippen LogP contribution in [0, 0.1) is 12.8 Å². The molecule has 0 aromatic carbocycles. The molecule has 0 spiro atoms. The topological polar surface area (TPSA) is 42.3 Å². The molecule has 1 fully saturated rings. The van der Waals surface area contributed by atoms with E-state index in [1.807, 2.05) is 11.8 Å². The second-order valence-electron chi connectivity index (χ2n) is 4.84. The minimum absolute atomic E-state index is 0.0248. The van der Waals surface area contributed by atoms with Gasteiger partial charge in [-0.25, -0.2) is 0 Å². The van der Waals surface area contributed by atoms with Gasteiger partial charge in [-0.1, -0.05) is 18.3 Å². The molecule has 1 aliphatic heterocycles. The average molecular weight is 254 g/mol. The molecule has 0 N–H and O–H groups in total. The van der Waals surface area contributed by atoms with Crippen LogP contribution in [0.5, 0.6) is 0 Å². The highest BCUT2D eigenvalue weighted by molar-refractivity contribution is 7.11. The summed E-state index contributed by atoms with van der Waals surface area (Å²) >= 11 is 1.06. The van der Waals surface area contributed by atoms with E-state index < -0.39 is 0 Å². The van der Waals surface area contributed by atoms with E-state index in [1.165, 1.54) is 6.42 Å². The van der Waals surface area contributed by atoms with Crippen molar-refractivity contribution >= 4 is 17.2 Å². The maximum Gasteiger partial charge on any atom is 0.307 e. The Kier molecular flexibility index (Phi) is 3.38. The van der Waals surface area contributed by atoms with Gasteiger partial charge < -0.3 is 9.47 Å². The van der Waals surface area contributed by atoms with Gasteiger partial charge in [-0.05, 0) is 25.7 Å². The number of rotatable bonds is 1. The van der Waals surface area contributed by atoms with Gasteiger partial charge in [-0.15, -0.1) is 0 Å². The normalized spacial score (nSPS) is 20.6. The average Bonchev–Trinajstić information content (AvgIpc) is 2.56. The predicted octanol–water partition coefficient (Wildman–Crippen LogP) is 1.63. The van der Waals surface area contributed by atoms with Gasteiger partial charge >= 0.3 is 4.87 Å². The molecule has 0 radical (unpaired) electrons. The summed E-state index contributed by atoms with van der Waals surface area (Å²) in [6, 6.07) is 0. The van der Waals surface area contributed by atoms with Crippen LogP contribution in [-0.2, 0) is 7.05 Å². The van der Waals surface area contributed by atoms with Crippen molar-refractivity contribution in [3.8, 4) is 0 Å². The summed E-state index contributed by atoms with van der Waals surface area (Å²) < 4.78 is 1.55. The maximum absolute atomic E-state index is 12.3. The number of amides is 1. The lowest BCUT2D eigenvalue weighted by molar-refractivity contribution is 0.0686. The Morgan fingerprint density at radius 2 is 2.18 bits per heavy atom. The largest absolute Gasteiger partial charge is 0.338 e. The van der Waals surface area contributed by atoms with Crippen LogP contribution in [0.15, 0.2) is 4.79 Å². The number of hydrogen-bond acceptors (Lipinski definition) is 3. The molecule has 1 amide bonds. The molecule has 0 saturated carbocycles. The van der Waals surface area contributed by atoms with Crippen molar-refractivity contribution in [1.29, 1.82) is 0 Å². The van der Waals surface area contributed by atoms with Crippen LogP contribution in [0.25, 0.3) is 0 Å². The Hall–Kier alpha value is -1.10. The van der Waals surface area contributed by atoms with Crippen molar-refractivity contribution in [3.63, 3.8) is 0 Å². The number of carbonyl (C=O) groups is 1. The summed E-state index contributed by atoms with van der Waals surface area (Å²) in [6.45, 7) is 5.63. The van der Waals surface area contributed by atoms with Crippen LogP contribution in [0.2, 0.25) is 0 Å². The number of aromatic nitrogens is 1. The molecule has 1 saturated heterocycles. The molecule has 0 aliphatic carbocycles. The van der Waals surface area contributed by atoms with Crippen molar-refractivity contribution in [2.45, 2.75) is 26.7 Å². The number of nitrogens with zero attached hydrogens (tertiary/aromatic N) is 2. The van der Waals surface area contributed by atoms with Crippen molar-refractivity contribution < 1.29 is 4.79 Å². The molecule has 94 valence electrons. The second kappa shape index (κ2) is 4.64. The fraction of sp³-hybridized carbons (Fsp3) is 0.667. The fourth-order valence-corrected chi connectivity index (χ4v) is 3.18. The molecule has 17 heavy (non-hydrogen) atoms. The molecule has 5 heteroatoms. The van der Waals surface area contributed by atoms with E-state index in [1.54, 1.807) is 11.6 Å². The molecule has 4 nitrogen and oxygen atoms in total. The van der Waals surface area contributed by atoms with Gasteiger partial charge in [-0.3, -0.25) is 9.59 Å². The first-order valence-electron chi connectivity index (χ1n) is 5.96. The van der Waals surface area contributed by atoms with E-state index in [0.29, 0.717) is 10.8 Å². The third kappa shape index (κ3) is 2.29. The van der Waals surface area contributed by atoms with Crippen molar-refractivity contribution in [2.75, 3.05) is 13.1 Å². The summed E-state index contributed by atoms with van der Waals surface area (Å²) in [5.74, 6) is 0.588. The molecule has 1 aromatic rings. The summed E-state index contributed by atoms with van der Waals surface area (Å²) in [6.07, 6.45) is 2.25. The van der Waals surface area contributed by atoms with Crippen LogP contribution in [0.4, 0.5) is 0 Å². The lowest BCUT2D eigenvalue weighted by atomic mass is 10.0. The number of hydrogen-bond donors (Lipinski definition) is 0. The summed E-state index contributed by atoms with van der Waals surface area (Å²) in [7, 11) is 1.71. The summed E-state index contributed by atoms with van der Waals surface area (Å²) in [4.78, 5) is 26.3. The first-order chi connectivity index (χ1) is 8.00. The van der Waals surface area contributed by atoms with Crippen LogP contribution in [-0.4, -0.2) is 28.5 Å². The molecule has 0 bridgehead atoms. The Labute approximate surface area is 105 Å². The Balaban J connectivity index is 2.24. The lowest BCUT2D eigenvalue weighted by Gasteiger charge is -2.30. The van der Waals surface area contributed by atoms with Gasteiger partial charge in [0.25, 0.3) is 5.91 Å². The quantitative estimate of drug-likeness (QED) is 0.764. The second-order valence-corrected chi connectivity index (χ2v) is 5.80. The molecule has 1 unspecified atom stereocenters. The molecule has 2 heterocycles. The van der Waals surface area contributed by atoms with E-state index in [2.05, 4.69) is 6.92 Å². The minimum Gasteiger partial charge on any atom is -0.338 e. The molecule has 1 atom stereocenters. The highest BCUT2D eigenvalue weighted by atomic mass is 32.1. The lowest BCUT2D eigenvalue weighted by Crippen LogP contribution is -2.39. The van der Waals surface area contributed by atoms with Crippen molar-refractivity contribution in [3.05, 3.63) is 20.2 Å². The van der Waals surface area contributed by atoms with Crippen molar-refractivity contribution in [2.24, 2.45) is 13.0 Å². The number of piperidine rings is 1. The molecular formula is C12H18N2O2S. The molecule has 2 rings (SSSR count). The van der Waals surface area contributed by atoms with Crippen molar-refractivity contribution in [1.82, 2.24) is 9.47 Å². The highest BCUT2D eigenvalue weighted by Gasteiger charge is 2.25. The number of likely N-dealkylation sites (tertiary alicyclic amines) is 1. The Morgan fingerprint density at radius 3 is 2.71 bits per heavy atom. The van der Waals surface area contributed by atoms with Crippen LogP contribution >= 0.6 is 11.3 Å². The van der Waals surface area contributed by atoms with Crippen LogP contribution < -0.4 is 4.87 Å². The van der Waals surface area contributed by atoms with Gasteiger partial charge in [0.05, 0.1) is 0 Å². The SMILES string of the molecule is Cc1c(C(=O)N2CCCC(C)C2)sc(=O)n1C. The standard InChI is InChI=1S/C12H18N2O2S/c1-8-5-4-6-14(7-8)11(15)10-9(2)13(3)12(16)17-10/h8H,4-7H2,1-3H3. The first kappa shape index (κ1) is 12.4. The zero-order valence-electron chi connectivity index (χ0n) is 10.5. The minimum atomic E-state index is -0.0593. The monoisotopic (exact) mass is 254 g/mol. The van der Waals surface area contributed by atoms with E-state index in [-0.39, 0.29) is 10.8 Å². The fourth-order valence-electron chi connectivity index (χ4n) is 2.23. The summed E-state index contributed by atoms with van der Waals surface area (Å²) in [5, 5.41) is 0. The summed E-state index contributed by atoms with van der Waals surface area (Å²) in [5.41, 5.74) is 0.781. The third-order valence-corrected chi connectivity index (χ3v) is 4.56. The number of thiazole rings is 1. The van der Waals surface area contributed by atoms with Gasteiger partial charge in [0.15, 0.2) is 0 Å². The van der Waals surface area contributed by atoms with Crippen LogP contribution in [0.3, 0.4) is 0 Å². The van der Waals surface area contributed by atoms with Gasteiger partial charge in [0.1, 0.15) is 4.88 Å². The van der Waals surface area contributed by atoms with E-state index in [4.69, 9.17) is 0 Å². The van der Waals surface area contributed by atoms with Gasteiger partial charge in [0.2, 0.25) is 0 Å². The Morgan fingerprint density at radius 1 is 1.47 bits per heavy atom. The molecular weight excluding hydrogens is 236 g/mol. The van der Waals surface area contributed by atoms with Gasteiger partial charge in [-0.2, -0.15) is 0 Å². The molecule has 1 aliphatic rings. The highest BCUT2D eigenvalue weighted by Crippen LogP contribution is 2.20. The molecule has 1 aromatic heterocycles. The maximum atomic E-state index is 12.3. The van der Waals surface area contributed by atoms with Crippen LogP contribution in [0.1, 0.15) is 35.1 Å². The smallest absolute Gasteiger partial charge is 0.307 e. The third-order valence-electron chi connectivity index (χ3n) is 3.43. The van der Waals surface area contributed by atoms with Gasteiger partial charge in [0, 0.05) is 25.8 Å². The van der Waals surface area contributed by atoms with E-state index in [9.17, 15) is 9.59 Å². The first-order valence-corrected chi connectivity index (χ1v) is 6.78. The zero-order valence-corrected chi connectivity index (χ0v) is 11.3. The number of carbonyl (C=O) groups excluding carboxylic acids is 1. The zero-order chi connectivity index (χ0) is 12.6. The van der Waals surface area contributed by atoms with E-state index >= 15 is 0 Å². The van der Waals surface area contributed by atoms with E-state index in [0.717, 1.165) is 36.5 Å². The Bertz CT molecular complexity index is 489. The predicted molar refractivity (Wildman–Crippen MR) is 68.6 cm³/mol.